The van der Waals surface area contributed by atoms with Gasteiger partial charge in [-0.3, -0.25) is 4.79 Å². The summed E-state index contributed by atoms with van der Waals surface area (Å²) in [4.78, 5) is 13.5. The van der Waals surface area contributed by atoms with Crippen molar-refractivity contribution >= 4 is 5.91 Å². The van der Waals surface area contributed by atoms with Crippen LogP contribution in [0, 0.1) is 5.82 Å². The van der Waals surface area contributed by atoms with Gasteiger partial charge in [-0.15, -0.1) is 0 Å². The average molecular weight is 193 g/mol. The summed E-state index contributed by atoms with van der Waals surface area (Å²) in [6.45, 7) is 4.52. The molecule has 0 atom stereocenters. The lowest BCUT2D eigenvalue weighted by Crippen LogP contribution is -2.30. The molecule has 0 spiro atoms. The molecule has 0 unspecified atom stereocenters. The van der Waals surface area contributed by atoms with Gasteiger partial charge >= 0.3 is 0 Å². The third kappa shape index (κ3) is 1.29. The van der Waals surface area contributed by atoms with Crippen LogP contribution in [0.4, 0.5) is 4.39 Å². The first-order chi connectivity index (χ1) is 6.59. The molecule has 2 nitrogen and oxygen atoms in total. The molecule has 74 valence electrons. The van der Waals surface area contributed by atoms with Gasteiger partial charge in [-0.2, -0.15) is 0 Å². The highest BCUT2D eigenvalue weighted by atomic mass is 19.1. The second-order valence-electron chi connectivity index (χ2n) is 3.83. The summed E-state index contributed by atoms with van der Waals surface area (Å²) in [5, 5.41) is 0. The van der Waals surface area contributed by atoms with E-state index in [2.05, 4.69) is 0 Å². The standard InChI is InChI=1S/C11H12FNO/c1-7(2)13-6-8-3-4-9(12)5-10(8)11(13)14/h3-5,7H,6H2,1-2H3. The lowest BCUT2D eigenvalue weighted by molar-refractivity contribution is 0.0730. The molecule has 3 heteroatoms. The molecule has 1 aliphatic heterocycles. The number of benzene rings is 1. The van der Waals surface area contributed by atoms with Gasteiger partial charge in [0.05, 0.1) is 0 Å². The topological polar surface area (TPSA) is 20.3 Å². The van der Waals surface area contributed by atoms with Crippen LogP contribution in [0.15, 0.2) is 18.2 Å². The van der Waals surface area contributed by atoms with E-state index in [1.54, 1.807) is 11.0 Å². The Balaban J connectivity index is 2.41. The van der Waals surface area contributed by atoms with Crippen molar-refractivity contribution in [3.63, 3.8) is 0 Å². The highest BCUT2D eigenvalue weighted by Crippen LogP contribution is 2.24. The van der Waals surface area contributed by atoms with Crippen molar-refractivity contribution in [3.8, 4) is 0 Å². The Bertz CT molecular complexity index is 387. The largest absolute Gasteiger partial charge is 0.332 e. The van der Waals surface area contributed by atoms with Gasteiger partial charge in [-0.25, -0.2) is 4.39 Å². The van der Waals surface area contributed by atoms with Crippen LogP contribution in [0.3, 0.4) is 0 Å². The molecular weight excluding hydrogens is 181 g/mol. The fourth-order valence-electron chi connectivity index (χ4n) is 1.71. The Morgan fingerprint density at radius 1 is 1.43 bits per heavy atom. The number of carbonyl (C=O) groups is 1. The molecule has 1 amide bonds. The maximum absolute atomic E-state index is 12.9. The van der Waals surface area contributed by atoms with E-state index in [4.69, 9.17) is 0 Å². The van der Waals surface area contributed by atoms with Gasteiger partial charge in [-0.1, -0.05) is 6.07 Å². The molecule has 0 fully saturated rings. The molecule has 2 rings (SSSR count). The van der Waals surface area contributed by atoms with Crippen LogP contribution < -0.4 is 0 Å². The molecule has 14 heavy (non-hydrogen) atoms. The summed E-state index contributed by atoms with van der Waals surface area (Å²) in [7, 11) is 0. The molecular formula is C11H12FNO. The van der Waals surface area contributed by atoms with Gasteiger partial charge in [0, 0.05) is 18.2 Å². The number of halogens is 1. The Kier molecular flexibility index (Phi) is 2.02. The predicted octanol–water partition coefficient (Wildman–Crippen LogP) is 2.19. The summed E-state index contributed by atoms with van der Waals surface area (Å²) in [5.74, 6) is -0.405. The van der Waals surface area contributed by atoms with Crippen molar-refractivity contribution in [1.29, 1.82) is 0 Å². The third-order valence-electron chi connectivity index (χ3n) is 2.53. The summed E-state index contributed by atoms with van der Waals surface area (Å²) < 4.78 is 12.9. The molecule has 0 bridgehead atoms. The molecule has 0 N–H and O–H groups in total. The Hall–Kier alpha value is -1.38. The lowest BCUT2D eigenvalue weighted by Gasteiger charge is -2.19. The van der Waals surface area contributed by atoms with Crippen LogP contribution in [0.2, 0.25) is 0 Å². The van der Waals surface area contributed by atoms with Gasteiger partial charge in [0.25, 0.3) is 5.91 Å². The highest BCUT2D eigenvalue weighted by molar-refractivity contribution is 5.98. The van der Waals surface area contributed by atoms with E-state index in [1.807, 2.05) is 13.8 Å². The average Bonchev–Trinajstić information content (AvgIpc) is 2.44. The second-order valence-corrected chi connectivity index (χ2v) is 3.83. The summed E-state index contributed by atoms with van der Waals surface area (Å²) >= 11 is 0. The maximum Gasteiger partial charge on any atom is 0.254 e. The smallest absolute Gasteiger partial charge is 0.254 e. The Morgan fingerprint density at radius 2 is 2.14 bits per heavy atom. The molecule has 1 aliphatic rings. The molecule has 0 radical (unpaired) electrons. The van der Waals surface area contributed by atoms with Gasteiger partial charge in [0.2, 0.25) is 0 Å². The lowest BCUT2D eigenvalue weighted by atomic mass is 10.1. The van der Waals surface area contributed by atoms with E-state index in [9.17, 15) is 9.18 Å². The van der Waals surface area contributed by atoms with E-state index >= 15 is 0 Å². The van der Waals surface area contributed by atoms with Gasteiger partial charge in [0.1, 0.15) is 5.82 Å². The van der Waals surface area contributed by atoms with Gasteiger partial charge in [-0.05, 0) is 31.5 Å². The van der Waals surface area contributed by atoms with Crippen LogP contribution in [-0.2, 0) is 6.54 Å². The minimum atomic E-state index is -0.345. The minimum Gasteiger partial charge on any atom is -0.332 e. The van der Waals surface area contributed by atoms with Crippen molar-refractivity contribution in [2.24, 2.45) is 0 Å². The number of hydrogen-bond acceptors (Lipinski definition) is 1. The maximum atomic E-state index is 12.9. The molecule has 1 aromatic rings. The summed E-state index contributed by atoms with van der Waals surface area (Å²) in [6.07, 6.45) is 0. The Morgan fingerprint density at radius 3 is 2.79 bits per heavy atom. The van der Waals surface area contributed by atoms with Crippen LogP contribution in [-0.4, -0.2) is 16.8 Å². The Labute approximate surface area is 82.3 Å². The summed E-state index contributed by atoms with van der Waals surface area (Å²) in [5.41, 5.74) is 1.43. The monoisotopic (exact) mass is 193 g/mol. The van der Waals surface area contributed by atoms with Crippen molar-refractivity contribution in [3.05, 3.63) is 35.1 Å². The summed E-state index contributed by atoms with van der Waals surface area (Å²) in [6, 6.07) is 4.57. The number of amides is 1. The fourth-order valence-corrected chi connectivity index (χ4v) is 1.71. The zero-order valence-electron chi connectivity index (χ0n) is 8.25. The molecule has 0 saturated heterocycles. The van der Waals surface area contributed by atoms with Crippen molar-refractivity contribution in [2.45, 2.75) is 26.4 Å². The molecule has 1 aromatic carbocycles. The SMILES string of the molecule is CC(C)N1Cc2ccc(F)cc2C1=O. The third-order valence-corrected chi connectivity index (χ3v) is 2.53. The fraction of sp³-hybridized carbons (Fsp3) is 0.364. The van der Waals surface area contributed by atoms with E-state index in [-0.39, 0.29) is 17.8 Å². The van der Waals surface area contributed by atoms with E-state index in [0.717, 1.165) is 5.56 Å². The van der Waals surface area contributed by atoms with E-state index < -0.39 is 0 Å². The number of rotatable bonds is 1. The predicted molar refractivity (Wildman–Crippen MR) is 51.4 cm³/mol. The zero-order valence-corrected chi connectivity index (χ0v) is 8.25. The van der Waals surface area contributed by atoms with Crippen LogP contribution in [0.25, 0.3) is 0 Å². The number of fused-ring (bicyclic) bond motifs is 1. The number of hydrogen-bond donors (Lipinski definition) is 0. The molecule has 0 aliphatic carbocycles. The molecule has 1 heterocycles. The number of nitrogens with zero attached hydrogens (tertiary/aromatic N) is 1. The van der Waals surface area contributed by atoms with Gasteiger partial charge < -0.3 is 4.90 Å². The van der Waals surface area contributed by atoms with E-state index in [1.165, 1.54) is 12.1 Å². The van der Waals surface area contributed by atoms with Crippen molar-refractivity contribution < 1.29 is 9.18 Å². The molecule has 0 saturated carbocycles. The number of carbonyl (C=O) groups excluding carboxylic acids is 1. The second kappa shape index (κ2) is 3.08. The minimum absolute atomic E-state index is 0.0606. The highest BCUT2D eigenvalue weighted by Gasteiger charge is 2.28. The van der Waals surface area contributed by atoms with Gasteiger partial charge in [0.15, 0.2) is 0 Å². The first-order valence-corrected chi connectivity index (χ1v) is 4.69. The van der Waals surface area contributed by atoms with Crippen LogP contribution >= 0.6 is 0 Å². The van der Waals surface area contributed by atoms with Crippen LogP contribution in [0.1, 0.15) is 29.8 Å². The van der Waals surface area contributed by atoms with Crippen LogP contribution in [0.5, 0.6) is 0 Å². The zero-order chi connectivity index (χ0) is 10.3. The normalized spacial score (nSPS) is 15.1. The van der Waals surface area contributed by atoms with E-state index in [0.29, 0.717) is 12.1 Å². The molecule has 0 aromatic heterocycles. The quantitative estimate of drug-likeness (QED) is 0.669. The first-order valence-electron chi connectivity index (χ1n) is 4.69. The van der Waals surface area contributed by atoms with Crippen molar-refractivity contribution in [1.82, 2.24) is 4.90 Å². The first kappa shape index (κ1) is 9.19. The van der Waals surface area contributed by atoms with Crippen molar-refractivity contribution in [2.75, 3.05) is 0 Å².